The van der Waals surface area contributed by atoms with E-state index in [0.29, 0.717) is 18.7 Å². The van der Waals surface area contributed by atoms with Crippen molar-refractivity contribution in [1.82, 2.24) is 9.88 Å². The van der Waals surface area contributed by atoms with Crippen LogP contribution in [-0.4, -0.2) is 22.2 Å². The molecule has 0 fully saturated rings. The summed E-state index contributed by atoms with van der Waals surface area (Å²) >= 11 is 0. The molecule has 3 rings (SSSR count). The van der Waals surface area contributed by atoms with Crippen molar-refractivity contribution in [2.75, 3.05) is 6.54 Å². The molecule has 4 nitrogen and oxygen atoms in total. The Bertz CT molecular complexity index is 974. The van der Waals surface area contributed by atoms with Crippen LogP contribution in [0.5, 0.6) is 0 Å². The van der Waals surface area contributed by atoms with E-state index >= 15 is 0 Å². The molecule has 0 radical (unpaired) electrons. The number of nitrogens with one attached hydrogen (secondary N) is 1. The van der Waals surface area contributed by atoms with Crippen LogP contribution in [0.15, 0.2) is 54.6 Å². The summed E-state index contributed by atoms with van der Waals surface area (Å²) in [5, 5.41) is 13.2. The van der Waals surface area contributed by atoms with Crippen LogP contribution in [0, 0.1) is 20.8 Å². The molecule has 0 unspecified atom stereocenters. The predicted molar refractivity (Wildman–Crippen MR) is 118 cm³/mol. The summed E-state index contributed by atoms with van der Waals surface area (Å²) < 4.78 is 2.12. The number of carboxylic acids is 1. The number of carbonyl (C=O) groups is 1. The minimum Gasteiger partial charge on any atom is -0.478 e. The highest BCUT2D eigenvalue weighted by Crippen LogP contribution is 2.24. The molecule has 152 valence electrons. The molecule has 0 bridgehead atoms. The SMILES string of the molecule is Cc1cccc(Cn2c(C)c(CNCCCc3ccccc3)c(C(=O)O)c2C)c1. The van der Waals surface area contributed by atoms with Crippen LogP contribution in [0.25, 0.3) is 0 Å². The van der Waals surface area contributed by atoms with Gasteiger partial charge < -0.3 is 15.0 Å². The highest BCUT2D eigenvalue weighted by molar-refractivity contribution is 5.91. The molecule has 0 saturated heterocycles. The lowest BCUT2D eigenvalue weighted by molar-refractivity contribution is 0.0694. The van der Waals surface area contributed by atoms with Crippen molar-refractivity contribution in [3.05, 3.63) is 93.8 Å². The first kappa shape index (κ1) is 20.9. The topological polar surface area (TPSA) is 54.3 Å². The Hall–Kier alpha value is -2.85. The number of rotatable bonds is 9. The van der Waals surface area contributed by atoms with Crippen LogP contribution in [-0.2, 0) is 19.5 Å². The van der Waals surface area contributed by atoms with Crippen LogP contribution < -0.4 is 5.32 Å². The van der Waals surface area contributed by atoms with E-state index in [4.69, 9.17) is 0 Å². The third kappa shape index (κ3) is 5.15. The molecular formula is C25H30N2O2. The van der Waals surface area contributed by atoms with Crippen LogP contribution in [0.3, 0.4) is 0 Å². The predicted octanol–water partition coefficient (Wildman–Crippen LogP) is 4.88. The van der Waals surface area contributed by atoms with Gasteiger partial charge in [0.2, 0.25) is 0 Å². The molecule has 2 N–H and O–H groups in total. The number of hydrogen-bond donors (Lipinski definition) is 2. The average Bonchev–Trinajstić information content (AvgIpc) is 2.93. The number of benzene rings is 2. The molecule has 2 aromatic carbocycles. The Balaban J connectivity index is 1.69. The van der Waals surface area contributed by atoms with E-state index in [1.165, 1.54) is 16.7 Å². The third-order valence-corrected chi connectivity index (χ3v) is 5.51. The van der Waals surface area contributed by atoms with Gasteiger partial charge in [0, 0.05) is 30.0 Å². The Labute approximate surface area is 173 Å². The maximum atomic E-state index is 11.9. The standard InChI is InChI=1S/C25H30N2O2/c1-18-9-7-12-22(15-18)17-27-19(2)23(24(20(27)3)25(28)29)16-26-14-8-13-21-10-5-4-6-11-21/h4-7,9-12,15,26H,8,13-14,16-17H2,1-3H3,(H,28,29). The van der Waals surface area contributed by atoms with Gasteiger partial charge in [-0.05, 0) is 51.3 Å². The molecule has 1 aromatic heterocycles. The quantitative estimate of drug-likeness (QED) is 0.512. The largest absolute Gasteiger partial charge is 0.478 e. The fraction of sp³-hybridized carbons (Fsp3) is 0.320. The Morgan fingerprint density at radius 1 is 0.966 bits per heavy atom. The van der Waals surface area contributed by atoms with E-state index in [9.17, 15) is 9.90 Å². The van der Waals surface area contributed by atoms with Gasteiger partial charge in [-0.2, -0.15) is 0 Å². The smallest absolute Gasteiger partial charge is 0.337 e. The summed E-state index contributed by atoms with van der Waals surface area (Å²) in [5.41, 5.74) is 6.90. The minimum absolute atomic E-state index is 0.436. The van der Waals surface area contributed by atoms with Gasteiger partial charge in [0.1, 0.15) is 0 Å². The van der Waals surface area contributed by atoms with E-state index in [0.717, 1.165) is 36.3 Å². The summed E-state index contributed by atoms with van der Waals surface area (Å²) in [7, 11) is 0. The number of nitrogens with zero attached hydrogens (tertiary/aromatic N) is 1. The van der Waals surface area contributed by atoms with Gasteiger partial charge in [0.25, 0.3) is 0 Å². The molecule has 0 spiro atoms. The zero-order valence-electron chi connectivity index (χ0n) is 17.5. The fourth-order valence-electron chi connectivity index (χ4n) is 3.95. The van der Waals surface area contributed by atoms with Gasteiger partial charge in [-0.1, -0.05) is 60.2 Å². The molecule has 0 amide bonds. The molecule has 3 aromatic rings. The molecule has 0 aliphatic heterocycles. The summed E-state index contributed by atoms with van der Waals surface area (Å²) in [6.45, 7) is 8.13. The second-order valence-corrected chi connectivity index (χ2v) is 7.67. The first-order valence-electron chi connectivity index (χ1n) is 10.2. The second kappa shape index (κ2) is 9.57. The average molecular weight is 391 g/mol. The maximum absolute atomic E-state index is 11.9. The van der Waals surface area contributed by atoms with Gasteiger partial charge in [0.15, 0.2) is 0 Å². The van der Waals surface area contributed by atoms with Gasteiger partial charge in [-0.15, -0.1) is 0 Å². The Morgan fingerprint density at radius 2 is 1.69 bits per heavy atom. The molecule has 0 aliphatic carbocycles. The van der Waals surface area contributed by atoms with Crippen LogP contribution in [0.4, 0.5) is 0 Å². The van der Waals surface area contributed by atoms with Gasteiger partial charge in [0.05, 0.1) is 5.56 Å². The fourth-order valence-corrected chi connectivity index (χ4v) is 3.95. The van der Waals surface area contributed by atoms with Crippen LogP contribution in [0.1, 0.15) is 50.4 Å². The molecule has 0 saturated carbocycles. The zero-order chi connectivity index (χ0) is 20.8. The molecule has 0 aliphatic rings. The van der Waals surface area contributed by atoms with Crippen molar-refractivity contribution in [3.8, 4) is 0 Å². The number of aromatic nitrogens is 1. The van der Waals surface area contributed by atoms with E-state index in [1.807, 2.05) is 26.0 Å². The number of hydrogen-bond acceptors (Lipinski definition) is 2. The lowest BCUT2D eigenvalue weighted by Crippen LogP contribution is -2.17. The number of aromatic carboxylic acids is 1. The van der Waals surface area contributed by atoms with Crippen molar-refractivity contribution >= 4 is 5.97 Å². The first-order valence-corrected chi connectivity index (χ1v) is 10.2. The van der Waals surface area contributed by atoms with Crippen molar-refractivity contribution < 1.29 is 9.90 Å². The summed E-state index contributed by atoms with van der Waals surface area (Å²) in [6.07, 6.45) is 2.04. The summed E-state index contributed by atoms with van der Waals surface area (Å²) in [6, 6.07) is 18.8. The third-order valence-electron chi connectivity index (χ3n) is 5.51. The molecule has 4 heteroatoms. The highest BCUT2D eigenvalue weighted by atomic mass is 16.4. The lowest BCUT2D eigenvalue weighted by atomic mass is 10.1. The van der Waals surface area contributed by atoms with Crippen LogP contribution in [0.2, 0.25) is 0 Å². The maximum Gasteiger partial charge on any atom is 0.337 e. The van der Waals surface area contributed by atoms with Crippen molar-refractivity contribution in [3.63, 3.8) is 0 Å². The minimum atomic E-state index is -0.852. The van der Waals surface area contributed by atoms with E-state index in [-0.39, 0.29) is 0 Å². The van der Waals surface area contributed by atoms with Gasteiger partial charge in [-0.3, -0.25) is 0 Å². The van der Waals surface area contributed by atoms with Gasteiger partial charge >= 0.3 is 5.97 Å². The van der Waals surface area contributed by atoms with Crippen molar-refractivity contribution in [1.29, 1.82) is 0 Å². The van der Waals surface area contributed by atoms with E-state index in [1.54, 1.807) is 0 Å². The van der Waals surface area contributed by atoms with E-state index < -0.39 is 5.97 Å². The Kier molecular flexibility index (Phi) is 6.89. The van der Waals surface area contributed by atoms with E-state index in [2.05, 4.69) is 59.3 Å². The second-order valence-electron chi connectivity index (χ2n) is 7.67. The van der Waals surface area contributed by atoms with Gasteiger partial charge in [-0.25, -0.2) is 4.79 Å². The molecular weight excluding hydrogens is 360 g/mol. The zero-order valence-corrected chi connectivity index (χ0v) is 17.5. The summed E-state index contributed by atoms with van der Waals surface area (Å²) in [4.78, 5) is 11.9. The Morgan fingerprint density at radius 3 is 2.38 bits per heavy atom. The first-order chi connectivity index (χ1) is 14.0. The number of carboxylic acid groups (broad SMARTS) is 1. The normalized spacial score (nSPS) is 11.0. The molecule has 0 atom stereocenters. The monoisotopic (exact) mass is 390 g/mol. The number of aryl methyl sites for hydroxylation is 2. The van der Waals surface area contributed by atoms with Crippen LogP contribution >= 0.6 is 0 Å². The highest BCUT2D eigenvalue weighted by Gasteiger charge is 2.22. The molecule has 1 heterocycles. The molecule has 29 heavy (non-hydrogen) atoms. The lowest BCUT2D eigenvalue weighted by Gasteiger charge is -2.11. The van der Waals surface area contributed by atoms with Crippen molar-refractivity contribution in [2.45, 2.75) is 46.7 Å². The summed E-state index contributed by atoms with van der Waals surface area (Å²) in [5.74, 6) is -0.852. The van der Waals surface area contributed by atoms with Crippen molar-refractivity contribution in [2.24, 2.45) is 0 Å².